The molecule has 2 heterocycles. The first-order chi connectivity index (χ1) is 13.1. The third-order valence-corrected chi connectivity index (χ3v) is 4.38. The molecule has 0 aliphatic heterocycles. The average Bonchev–Trinajstić information content (AvgIpc) is 3.04. The summed E-state index contributed by atoms with van der Waals surface area (Å²) in [6.07, 6.45) is 3.16. The van der Waals surface area contributed by atoms with Crippen LogP contribution in [0.4, 0.5) is 8.78 Å². The number of halogens is 2. The number of rotatable bonds is 4. The van der Waals surface area contributed by atoms with Crippen molar-refractivity contribution in [2.24, 2.45) is 0 Å². The molecule has 0 aliphatic rings. The number of aliphatic hydroxyl groups is 1. The maximum Gasteiger partial charge on any atom is 0.277 e. The van der Waals surface area contributed by atoms with Crippen molar-refractivity contribution < 1.29 is 13.9 Å². The van der Waals surface area contributed by atoms with Crippen LogP contribution in [0.1, 0.15) is 11.1 Å². The van der Waals surface area contributed by atoms with E-state index < -0.39 is 6.61 Å². The van der Waals surface area contributed by atoms with Crippen LogP contribution in [0, 0.1) is 11.6 Å². The number of hydrogen-bond donors (Lipinski definition) is 1. The monoisotopic (exact) mass is 367 g/mol. The Labute approximate surface area is 152 Å². The van der Waals surface area contributed by atoms with E-state index in [1.165, 1.54) is 33.3 Å². The van der Waals surface area contributed by atoms with Gasteiger partial charge in [0.05, 0.1) is 18.8 Å². The van der Waals surface area contributed by atoms with Crippen molar-refractivity contribution in [3.05, 3.63) is 94.0 Å². The maximum atomic E-state index is 13.4. The van der Waals surface area contributed by atoms with E-state index in [-0.39, 0.29) is 29.3 Å². The number of aliphatic hydroxyl groups excluding tert-OH is 1. The van der Waals surface area contributed by atoms with Gasteiger partial charge in [0.15, 0.2) is 0 Å². The lowest BCUT2D eigenvalue weighted by Gasteiger charge is -2.07. The molecule has 7 heteroatoms. The van der Waals surface area contributed by atoms with Crippen LogP contribution in [-0.4, -0.2) is 19.3 Å². The van der Waals surface area contributed by atoms with E-state index in [1.54, 1.807) is 36.7 Å². The third-order valence-electron chi connectivity index (χ3n) is 4.38. The largest absolute Gasteiger partial charge is 0.392 e. The van der Waals surface area contributed by atoms with Crippen molar-refractivity contribution >= 4 is 5.52 Å². The molecule has 4 rings (SSSR count). The molecule has 4 aromatic rings. The fourth-order valence-electron chi connectivity index (χ4n) is 3.10. The van der Waals surface area contributed by atoms with Gasteiger partial charge in [-0.1, -0.05) is 12.1 Å². The third kappa shape index (κ3) is 3.13. The molecule has 0 bridgehead atoms. The zero-order valence-electron chi connectivity index (χ0n) is 14.1. The van der Waals surface area contributed by atoms with Gasteiger partial charge in [-0.15, -0.1) is 0 Å². The van der Waals surface area contributed by atoms with Gasteiger partial charge in [-0.2, -0.15) is 5.10 Å². The van der Waals surface area contributed by atoms with Crippen molar-refractivity contribution in [1.82, 2.24) is 14.2 Å². The molecule has 136 valence electrons. The highest BCUT2D eigenvalue weighted by atomic mass is 19.1. The molecule has 0 saturated carbocycles. The summed E-state index contributed by atoms with van der Waals surface area (Å²) < 4.78 is 29.4. The fraction of sp³-hybridized carbons (Fsp3) is 0.100. The molecule has 0 saturated heterocycles. The summed E-state index contributed by atoms with van der Waals surface area (Å²) in [5.41, 5.74) is 1.89. The molecule has 0 atom stereocenters. The van der Waals surface area contributed by atoms with Gasteiger partial charge in [-0.25, -0.2) is 13.3 Å². The zero-order chi connectivity index (χ0) is 19.0. The molecular weight excluding hydrogens is 352 g/mol. The second-order valence-corrected chi connectivity index (χ2v) is 6.15. The second-order valence-electron chi connectivity index (χ2n) is 6.15. The highest BCUT2D eigenvalue weighted by Gasteiger charge is 2.18. The Kier molecular flexibility index (Phi) is 4.29. The van der Waals surface area contributed by atoms with Gasteiger partial charge in [-0.3, -0.25) is 4.79 Å². The van der Waals surface area contributed by atoms with Crippen LogP contribution in [0.3, 0.4) is 0 Å². The number of aromatic nitrogens is 3. The Morgan fingerprint density at radius 1 is 1.00 bits per heavy atom. The molecule has 0 amide bonds. The molecule has 0 aliphatic carbocycles. The molecular formula is C20H15F2N3O2. The van der Waals surface area contributed by atoms with E-state index >= 15 is 0 Å². The van der Waals surface area contributed by atoms with Gasteiger partial charge in [0, 0.05) is 23.5 Å². The smallest absolute Gasteiger partial charge is 0.277 e. The van der Waals surface area contributed by atoms with E-state index in [2.05, 4.69) is 5.10 Å². The topological polar surface area (TPSA) is 59.5 Å². The summed E-state index contributed by atoms with van der Waals surface area (Å²) in [6, 6.07) is 11.7. The van der Waals surface area contributed by atoms with Crippen LogP contribution < -0.4 is 5.56 Å². The van der Waals surface area contributed by atoms with Gasteiger partial charge >= 0.3 is 0 Å². The summed E-state index contributed by atoms with van der Waals surface area (Å²) in [7, 11) is 0. The predicted molar refractivity (Wildman–Crippen MR) is 96.3 cm³/mol. The predicted octanol–water partition coefficient (Wildman–Crippen LogP) is 2.98. The lowest BCUT2D eigenvalue weighted by atomic mass is 10.1. The zero-order valence-corrected chi connectivity index (χ0v) is 14.1. The van der Waals surface area contributed by atoms with E-state index in [0.717, 1.165) is 0 Å². The molecule has 0 radical (unpaired) electrons. The van der Waals surface area contributed by atoms with Crippen LogP contribution in [0.2, 0.25) is 0 Å². The summed E-state index contributed by atoms with van der Waals surface area (Å²) in [4.78, 5) is 12.9. The van der Waals surface area contributed by atoms with Crippen LogP contribution in [0.25, 0.3) is 16.8 Å². The minimum absolute atomic E-state index is 0.190. The molecule has 1 N–H and O–H groups in total. The summed E-state index contributed by atoms with van der Waals surface area (Å²) in [6.45, 7) is -0.204. The molecule has 0 unspecified atom stereocenters. The summed E-state index contributed by atoms with van der Waals surface area (Å²) >= 11 is 0. The number of nitrogens with zero attached hydrogens (tertiary/aromatic N) is 3. The lowest BCUT2D eigenvalue weighted by molar-refractivity contribution is 0.283. The number of fused-ring (bicyclic) bond motifs is 1. The van der Waals surface area contributed by atoms with Gasteiger partial charge < -0.3 is 9.67 Å². The molecule has 27 heavy (non-hydrogen) atoms. The Morgan fingerprint density at radius 3 is 2.48 bits per heavy atom. The Balaban J connectivity index is 1.85. The van der Waals surface area contributed by atoms with Crippen LogP contribution in [0.15, 0.2) is 65.7 Å². The SMILES string of the molecule is O=c1c2c(CO)c(-c3ccc(F)cc3)nn2ccn1Cc1cccc(F)c1. The van der Waals surface area contributed by atoms with Crippen molar-refractivity contribution in [2.45, 2.75) is 13.2 Å². The maximum absolute atomic E-state index is 13.4. The summed E-state index contributed by atoms with van der Waals surface area (Å²) in [5.74, 6) is -0.758. The van der Waals surface area contributed by atoms with Crippen LogP contribution in [-0.2, 0) is 13.2 Å². The van der Waals surface area contributed by atoms with Gasteiger partial charge in [0.1, 0.15) is 17.2 Å². The van der Waals surface area contributed by atoms with E-state index in [0.29, 0.717) is 22.4 Å². The minimum atomic E-state index is -0.393. The Bertz CT molecular complexity index is 1180. The first kappa shape index (κ1) is 17.1. The van der Waals surface area contributed by atoms with Crippen molar-refractivity contribution in [3.8, 4) is 11.3 Å². The average molecular weight is 367 g/mol. The fourth-order valence-corrected chi connectivity index (χ4v) is 3.10. The van der Waals surface area contributed by atoms with E-state index in [4.69, 9.17) is 0 Å². The van der Waals surface area contributed by atoms with E-state index in [9.17, 15) is 18.7 Å². The molecule has 0 spiro atoms. The second kappa shape index (κ2) is 6.77. The minimum Gasteiger partial charge on any atom is -0.392 e. The van der Waals surface area contributed by atoms with Crippen LogP contribution >= 0.6 is 0 Å². The number of hydrogen-bond acceptors (Lipinski definition) is 3. The van der Waals surface area contributed by atoms with Crippen molar-refractivity contribution in [1.29, 1.82) is 0 Å². The first-order valence-electron chi connectivity index (χ1n) is 8.28. The molecule has 0 fully saturated rings. The molecule has 5 nitrogen and oxygen atoms in total. The quantitative estimate of drug-likeness (QED) is 0.603. The number of benzene rings is 2. The van der Waals surface area contributed by atoms with Gasteiger partial charge in [0.25, 0.3) is 5.56 Å². The van der Waals surface area contributed by atoms with Crippen LogP contribution in [0.5, 0.6) is 0 Å². The normalized spacial score (nSPS) is 11.2. The van der Waals surface area contributed by atoms with E-state index in [1.807, 2.05) is 0 Å². The Hall–Kier alpha value is -3.32. The van der Waals surface area contributed by atoms with Gasteiger partial charge in [0.2, 0.25) is 0 Å². The standard InChI is InChI=1S/C20H15F2N3O2/c21-15-6-4-14(5-7-15)18-17(12-26)19-20(27)24(8-9-25(19)23-18)11-13-2-1-3-16(22)10-13/h1-10,26H,11-12H2. The lowest BCUT2D eigenvalue weighted by Crippen LogP contribution is -2.22. The van der Waals surface area contributed by atoms with Gasteiger partial charge in [-0.05, 0) is 42.0 Å². The highest BCUT2D eigenvalue weighted by Crippen LogP contribution is 2.25. The first-order valence-corrected chi connectivity index (χ1v) is 8.28. The molecule has 2 aromatic heterocycles. The van der Waals surface area contributed by atoms with Crippen molar-refractivity contribution in [3.63, 3.8) is 0 Å². The highest BCUT2D eigenvalue weighted by molar-refractivity contribution is 5.72. The molecule has 2 aromatic carbocycles. The Morgan fingerprint density at radius 2 is 1.78 bits per heavy atom. The van der Waals surface area contributed by atoms with Crippen molar-refractivity contribution in [2.75, 3.05) is 0 Å². The summed E-state index contributed by atoms with van der Waals surface area (Å²) in [5, 5.41) is 14.2.